The summed E-state index contributed by atoms with van der Waals surface area (Å²) in [7, 11) is -2.85. The average Bonchev–Trinajstić information content (AvgIpc) is 1.59. The summed E-state index contributed by atoms with van der Waals surface area (Å²) in [6.45, 7) is 1.96. The van der Waals surface area contributed by atoms with Crippen LogP contribution in [0.2, 0.25) is 0 Å². The second kappa shape index (κ2) is 3.37. The fourth-order valence-corrected chi connectivity index (χ4v) is 1.33. The average molecular weight is 154 g/mol. The van der Waals surface area contributed by atoms with E-state index in [1.807, 2.05) is 6.92 Å². The van der Waals surface area contributed by atoms with Gasteiger partial charge in [-0.1, -0.05) is 13.3 Å². The first-order valence-corrected chi connectivity index (χ1v) is 5.12. The molecule has 0 aliphatic rings. The van der Waals surface area contributed by atoms with Crippen molar-refractivity contribution in [1.29, 1.82) is 0 Å². The van der Waals surface area contributed by atoms with Crippen LogP contribution in [-0.4, -0.2) is 14.5 Å². The number of unbranched alkanes of at least 4 members (excludes halogenated alkanes) is 1. The van der Waals surface area contributed by atoms with Gasteiger partial charge in [0.2, 0.25) is 0 Å². The van der Waals surface area contributed by atoms with Gasteiger partial charge >= 0.3 is 0 Å². The lowest BCUT2D eigenvalue weighted by Gasteiger charge is -1.93. The second-order valence-corrected chi connectivity index (χ2v) is 4.77. The number of hydrogen-bond acceptors (Lipinski definition) is 2. The van der Waals surface area contributed by atoms with E-state index in [1.54, 1.807) is 0 Å². The quantitative estimate of drug-likeness (QED) is 0.659. The van der Waals surface area contributed by atoms with Crippen LogP contribution in [0.3, 0.4) is 0 Å². The molecule has 2 nitrogen and oxygen atoms in total. The molecule has 0 radical (unpaired) electrons. The maximum absolute atomic E-state index is 10.3. The first-order valence-electron chi connectivity index (χ1n) is 2.51. The minimum atomic E-state index is -2.85. The van der Waals surface area contributed by atoms with Gasteiger partial charge in [0.15, 0.2) is 0 Å². The van der Waals surface area contributed by atoms with Crippen molar-refractivity contribution in [2.75, 3.05) is 5.75 Å². The second-order valence-electron chi connectivity index (χ2n) is 1.64. The molecule has 0 aromatic carbocycles. The maximum Gasteiger partial charge on any atom is 0.141 e. The van der Waals surface area contributed by atoms with E-state index in [1.165, 1.54) is 0 Å². The molecule has 0 saturated heterocycles. The van der Waals surface area contributed by atoms with Crippen molar-refractivity contribution in [2.24, 2.45) is 0 Å². The number of rotatable bonds is 3. The Bertz CT molecular complexity index is 136. The van der Waals surface area contributed by atoms with Crippen LogP contribution in [0.15, 0.2) is 0 Å². The molecule has 4 heteroatoms. The summed E-state index contributed by atoms with van der Waals surface area (Å²) in [4.78, 5) is 0. The first-order chi connectivity index (χ1) is 3.56. The van der Waals surface area contributed by atoms with Crippen molar-refractivity contribution < 1.29 is 8.76 Å². The highest BCUT2D eigenvalue weighted by atomic mass is 32.8. The van der Waals surface area contributed by atoms with Crippen LogP contribution < -0.4 is 0 Å². The highest BCUT2D eigenvalue weighted by Gasteiger charge is 1.95. The SMILES string of the molecule is CCCCS(=O)(O)=S. The van der Waals surface area contributed by atoms with E-state index in [-0.39, 0.29) is 5.75 Å². The van der Waals surface area contributed by atoms with Crippen molar-refractivity contribution in [1.82, 2.24) is 0 Å². The summed E-state index contributed by atoms with van der Waals surface area (Å²) in [5.74, 6) is 0.263. The van der Waals surface area contributed by atoms with Crippen LogP contribution in [0, 0.1) is 0 Å². The zero-order valence-corrected chi connectivity index (χ0v) is 6.43. The van der Waals surface area contributed by atoms with E-state index in [4.69, 9.17) is 4.55 Å². The van der Waals surface area contributed by atoms with Gasteiger partial charge in [-0.05, 0) is 6.42 Å². The number of hydrogen-bond donors (Lipinski definition) is 1. The van der Waals surface area contributed by atoms with E-state index in [2.05, 4.69) is 11.2 Å². The molecule has 0 heterocycles. The molecule has 0 bridgehead atoms. The Balaban J connectivity index is 3.42. The van der Waals surface area contributed by atoms with Gasteiger partial charge < -0.3 is 4.55 Å². The molecule has 0 aliphatic heterocycles. The van der Waals surface area contributed by atoms with Crippen LogP contribution >= 0.6 is 0 Å². The summed E-state index contributed by atoms with van der Waals surface area (Å²) in [6.07, 6.45) is 1.67. The van der Waals surface area contributed by atoms with E-state index < -0.39 is 8.77 Å². The summed E-state index contributed by atoms with van der Waals surface area (Å²) >= 11 is 4.23. The van der Waals surface area contributed by atoms with Crippen molar-refractivity contribution in [3.05, 3.63) is 0 Å². The zero-order valence-electron chi connectivity index (χ0n) is 4.79. The van der Waals surface area contributed by atoms with E-state index in [9.17, 15) is 4.21 Å². The van der Waals surface area contributed by atoms with Crippen LogP contribution in [0.4, 0.5) is 0 Å². The van der Waals surface area contributed by atoms with Gasteiger partial charge in [-0.25, -0.2) is 4.21 Å². The molecule has 0 rings (SSSR count). The van der Waals surface area contributed by atoms with Crippen LogP contribution in [-0.2, 0) is 20.0 Å². The van der Waals surface area contributed by atoms with Gasteiger partial charge in [-0.2, -0.15) is 0 Å². The molecule has 0 aromatic rings. The smallest absolute Gasteiger partial charge is 0.141 e. The molecule has 1 unspecified atom stereocenters. The molecule has 0 amide bonds. The highest BCUT2D eigenvalue weighted by Crippen LogP contribution is 1.91. The van der Waals surface area contributed by atoms with Gasteiger partial charge in [0.05, 0.1) is 0 Å². The Morgan fingerprint density at radius 3 is 2.38 bits per heavy atom. The van der Waals surface area contributed by atoms with Crippen molar-refractivity contribution >= 4 is 20.0 Å². The van der Waals surface area contributed by atoms with Gasteiger partial charge in [-0.3, -0.25) is 0 Å². The largest absolute Gasteiger partial charge is 0.306 e. The molecule has 1 N–H and O–H groups in total. The van der Waals surface area contributed by atoms with Crippen LogP contribution in [0.25, 0.3) is 0 Å². The van der Waals surface area contributed by atoms with Crippen LogP contribution in [0.1, 0.15) is 19.8 Å². The zero-order chi connectivity index (χ0) is 6.62. The predicted octanol–water partition coefficient (Wildman–Crippen LogP) is 1.01. The van der Waals surface area contributed by atoms with Crippen molar-refractivity contribution in [2.45, 2.75) is 19.8 Å². The van der Waals surface area contributed by atoms with E-state index >= 15 is 0 Å². The molecule has 8 heavy (non-hydrogen) atoms. The standard InChI is InChI=1S/C4H10O2S2/c1-2-3-4-8(5,6)7/h2-4H2,1H3,(H,5,6,7). The molecule has 0 aliphatic carbocycles. The topological polar surface area (TPSA) is 37.3 Å². The van der Waals surface area contributed by atoms with E-state index in [0.29, 0.717) is 0 Å². The minimum absolute atomic E-state index is 0.263. The third kappa shape index (κ3) is 6.33. The summed E-state index contributed by atoms with van der Waals surface area (Å²) in [5.41, 5.74) is 0. The molecular formula is C4H10O2S2. The Morgan fingerprint density at radius 1 is 1.75 bits per heavy atom. The summed E-state index contributed by atoms with van der Waals surface area (Å²) < 4.78 is 18.8. The lowest BCUT2D eigenvalue weighted by atomic mass is 10.4. The van der Waals surface area contributed by atoms with Crippen molar-refractivity contribution in [3.63, 3.8) is 0 Å². The third-order valence-electron chi connectivity index (χ3n) is 0.756. The molecule has 0 fully saturated rings. The minimum Gasteiger partial charge on any atom is -0.306 e. The molecule has 0 spiro atoms. The first kappa shape index (κ1) is 8.33. The van der Waals surface area contributed by atoms with E-state index in [0.717, 1.165) is 12.8 Å². The molecule has 0 aromatic heterocycles. The Hall–Kier alpha value is 0.330. The highest BCUT2D eigenvalue weighted by molar-refractivity contribution is 8.29. The van der Waals surface area contributed by atoms with Crippen LogP contribution in [0.5, 0.6) is 0 Å². The van der Waals surface area contributed by atoms with Crippen molar-refractivity contribution in [3.8, 4) is 0 Å². The van der Waals surface area contributed by atoms with Gasteiger partial charge in [0.25, 0.3) is 0 Å². The molecule has 50 valence electrons. The Kier molecular flexibility index (Phi) is 3.51. The van der Waals surface area contributed by atoms with Gasteiger partial charge in [0, 0.05) is 16.9 Å². The molecule has 1 atom stereocenters. The lowest BCUT2D eigenvalue weighted by Crippen LogP contribution is -2.00. The maximum atomic E-state index is 10.3. The fourth-order valence-electron chi connectivity index (χ4n) is 0.327. The summed E-state index contributed by atoms with van der Waals surface area (Å²) in [6, 6.07) is 0. The third-order valence-corrected chi connectivity index (χ3v) is 2.06. The predicted molar refractivity (Wildman–Crippen MR) is 37.9 cm³/mol. The Labute approximate surface area is 54.8 Å². The summed E-state index contributed by atoms with van der Waals surface area (Å²) in [5, 5.41) is 0. The van der Waals surface area contributed by atoms with Gasteiger partial charge in [0.1, 0.15) is 8.77 Å². The molecular weight excluding hydrogens is 144 g/mol. The molecule has 0 saturated carbocycles. The fraction of sp³-hybridized carbons (Fsp3) is 1.00. The Morgan fingerprint density at radius 2 is 2.25 bits per heavy atom. The lowest BCUT2D eigenvalue weighted by molar-refractivity contribution is 0.558. The van der Waals surface area contributed by atoms with Gasteiger partial charge in [-0.15, -0.1) is 0 Å². The monoisotopic (exact) mass is 154 g/mol. The normalized spacial score (nSPS) is 17.8.